The number of halogens is 1. The molecule has 2 atom stereocenters. The molecule has 0 saturated carbocycles. The van der Waals surface area contributed by atoms with E-state index in [1.165, 1.54) is 39.1 Å². The van der Waals surface area contributed by atoms with Crippen molar-refractivity contribution in [3.05, 3.63) is 0 Å². The Kier molecular flexibility index (Phi) is 2.49. The van der Waals surface area contributed by atoms with Gasteiger partial charge in [0.1, 0.15) is 0 Å². The molecule has 0 spiro atoms. The highest BCUT2D eigenvalue weighted by Crippen LogP contribution is 2.19. The highest BCUT2D eigenvalue weighted by Gasteiger charge is 2.31. The molecule has 0 radical (unpaired) electrons. The van der Waals surface area contributed by atoms with Gasteiger partial charge in [-0.15, -0.1) is 0 Å². The average Bonchev–Trinajstić information content (AvgIpc) is 2.40. The van der Waals surface area contributed by atoms with Gasteiger partial charge in [0.25, 0.3) is 0 Å². The lowest BCUT2D eigenvalue weighted by Gasteiger charge is -2.33. The van der Waals surface area contributed by atoms with Crippen molar-refractivity contribution in [3.63, 3.8) is 0 Å². The molecule has 2 unspecified atom stereocenters. The molecule has 0 amide bonds. The lowest BCUT2D eigenvalue weighted by atomic mass is 10.2. The Balaban J connectivity index is 1.91. The zero-order chi connectivity index (χ0) is 7.68. The van der Waals surface area contributed by atoms with Crippen LogP contribution < -0.4 is 0 Å². The third-order valence-electron chi connectivity index (χ3n) is 2.84. The number of hydrogen-bond donors (Lipinski definition) is 0. The van der Waals surface area contributed by atoms with Crippen molar-refractivity contribution >= 4 is 15.9 Å². The van der Waals surface area contributed by atoms with Crippen LogP contribution in [0.15, 0.2) is 0 Å². The first-order valence-corrected chi connectivity index (χ1v) is 5.54. The molecule has 2 heterocycles. The first-order valence-electron chi connectivity index (χ1n) is 4.42. The smallest absolute Gasteiger partial charge is 0.0236 e. The highest BCUT2D eigenvalue weighted by atomic mass is 79.9. The van der Waals surface area contributed by atoms with Crippen LogP contribution in [0.3, 0.4) is 0 Å². The van der Waals surface area contributed by atoms with Crippen LogP contribution in [0.25, 0.3) is 0 Å². The van der Waals surface area contributed by atoms with E-state index in [2.05, 4.69) is 25.7 Å². The van der Waals surface area contributed by atoms with Gasteiger partial charge in [-0.1, -0.05) is 15.9 Å². The Morgan fingerprint density at radius 3 is 3.00 bits per heavy atom. The summed E-state index contributed by atoms with van der Waals surface area (Å²) in [5.41, 5.74) is 0. The van der Waals surface area contributed by atoms with Gasteiger partial charge >= 0.3 is 0 Å². The van der Waals surface area contributed by atoms with Crippen LogP contribution in [-0.4, -0.2) is 53.9 Å². The van der Waals surface area contributed by atoms with Gasteiger partial charge in [-0.2, -0.15) is 0 Å². The molecule has 0 aliphatic carbocycles. The van der Waals surface area contributed by atoms with Crippen molar-refractivity contribution in [1.29, 1.82) is 0 Å². The fraction of sp³-hybridized carbons (Fsp3) is 1.00. The van der Waals surface area contributed by atoms with E-state index in [-0.39, 0.29) is 0 Å². The molecule has 3 heteroatoms. The van der Waals surface area contributed by atoms with E-state index in [1.807, 2.05) is 0 Å². The Morgan fingerprint density at radius 2 is 2.18 bits per heavy atom. The molecule has 2 nitrogen and oxygen atoms in total. The maximum atomic E-state index is 3.50. The van der Waals surface area contributed by atoms with Gasteiger partial charge in [0.15, 0.2) is 0 Å². The number of hydrogen-bond acceptors (Lipinski definition) is 2. The van der Waals surface area contributed by atoms with Crippen LogP contribution >= 0.6 is 15.9 Å². The molecule has 0 aromatic heterocycles. The number of piperazine rings is 1. The van der Waals surface area contributed by atoms with E-state index in [1.54, 1.807) is 0 Å². The SMILES string of the molecule is BrCCN1CCN2CCC1C2. The van der Waals surface area contributed by atoms with Crippen molar-refractivity contribution in [3.8, 4) is 0 Å². The van der Waals surface area contributed by atoms with Crippen molar-refractivity contribution in [2.45, 2.75) is 12.5 Å². The number of alkyl halides is 1. The number of rotatable bonds is 2. The van der Waals surface area contributed by atoms with E-state index in [9.17, 15) is 0 Å². The second kappa shape index (κ2) is 3.42. The maximum Gasteiger partial charge on any atom is 0.0236 e. The zero-order valence-electron chi connectivity index (χ0n) is 6.80. The maximum absolute atomic E-state index is 3.50. The van der Waals surface area contributed by atoms with Crippen LogP contribution in [-0.2, 0) is 0 Å². The molecule has 0 aromatic rings. The summed E-state index contributed by atoms with van der Waals surface area (Å²) in [6.07, 6.45) is 1.40. The van der Waals surface area contributed by atoms with Crippen LogP contribution in [0.5, 0.6) is 0 Å². The Bertz CT molecular complexity index is 140. The molecule has 2 aliphatic heterocycles. The van der Waals surface area contributed by atoms with Crippen LogP contribution in [0.4, 0.5) is 0 Å². The quantitative estimate of drug-likeness (QED) is 0.633. The normalized spacial score (nSPS) is 37.9. The third-order valence-corrected chi connectivity index (χ3v) is 3.19. The molecular weight excluding hydrogens is 204 g/mol. The van der Waals surface area contributed by atoms with Gasteiger partial charge in [0, 0.05) is 37.6 Å². The minimum atomic E-state index is 0.876. The van der Waals surface area contributed by atoms with E-state index < -0.39 is 0 Å². The van der Waals surface area contributed by atoms with Crippen LogP contribution in [0.1, 0.15) is 6.42 Å². The number of nitrogens with zero attached hydrogens (tertiary/aromatic N) is 2. The predicted molar refractivity (Wildman–Crippen MR) is 50.2 cm³/mol. The van der Waals surface area contributed by atoms with Crippen molar-refractivity contribution in [2.75, 3.05) is 38.1 Å². The van der Waals surface area contributed by atoms with Gasteiger partial charge < -0.3 is 4.90 Å². The van der Waals surface area contributed by atoms with E-state index in [0.717, 1.165) is 11.4 Å². The molecule has 2 aliphatic rings. The molecule has 2 rings (SSSR count). The predicted octanol–water partition coefficient (Wildman–Crippen LogP) is 0.771. The highest BCUT2D eigenvalue weighted by molar-refractivity contribution is 9.09. The summed E-state index contributed by atoms with van der Waals surface area (Å²) in [6.45, 7) is 6.48. The second-order valence-corrected chi connectivity index (χ2v) is 4.26. The first-order chi connectivity index (χ1) is 5.40. The van der Waals surface area contributed by atoms with Crippen molar-refractivity contribution < 1.29 is 0 Å². The summed E-state index contributed by atoms with van der Waals surface area (Å²) in [5.74, 6) is 0. The molecule has 2 bridgehead atoms. The molecule has 2 fully saturated rings. The summed E-state index contributed by atoms with van der Waals surface area (Å²) < 4.78 is 0. The molecular formula is C8H15BrN2. The van der Waals surface area contributed by atoms with Gasteiger partial charge in [-0.25, -0.2) is 0 Å². The second-order valence-electron chi connectivity index (χ2n) is 3.47. The summed E-state index contributed by atoms with van der Waals surface area (Å²) in [7, 11) is 0. The Hall–Kier alpha value is 0.400. The van der Waals surface area contributed by atoms with Gasteiger partial charge in [0.2, 0.25) is 0 Å². The monoisotopic (exact) mass is 218 g/mol. The van der Waals surface area contributed by atoms with Crippen molar-refractivity contribution in [1.82, 2.24) is 9.80 Å². The van der Waals surface area contributed by atoms with Crippen LogP contribution in [0.2, 0.25) is 0 Å². The summed E-state index contributed by atoms with van der Waals surface area (Å²) >= 11 is 3.50. The molecule has 2 saturated heterocycles. The minimum absolute atomic E-state index is 0.876. The average molecular weight is 219 g/mol. The lowest BCUT2D eigenvalue weighted by molar-refractivity contribution is 0.143. The Labute approximate surface area is 76.7 Å². The van der Waals surface area contributed by atoms with E-state index >= 15 is 0 Å². The summed E-state index contributed by atoms with van der Waals surface area (Å²) in [5, 5.41) is 1.13. The largest absolute Gasteiger partial charge is 0.300 e. The van der Waals surface area contributed by atoms with Gasteiger partial charge in [-0.05, 0) is 13.0 Å². The van der Waals surface area contributed by atoms with E-state index in [0.29, 0.717) is 0 Å². The van der Waals surface area contributed by atoms with Crippen molar-refractivity contribution in [2.24, 2.45) is 0 Å². The zero-order valence-corrected chi connectivity index (χ0v) is 8.39. The standard InChI is InChI=1S/C8H15BrN2/c9-2-4-11-6-5-10-3-1-8(11)7-10/h8H,1-7H2. The van der Waals surface area contributed by atoms with Gasteiger partial charge in [0.05, 0.1) is 0 Å². The molecule has 11 heavy (non-hydrogen) atoms. The molecule has 64 valence electrons. The van der Waals surface area contributed by atoms with Gasteiger partial charge in [-0.3, -0.25) is 4.90 Å². The summed E-state index contributed by atoms with van der Waals surface area (Å²) in [6, 6.07) is 0.876. The minimum Gasteiger partial charge on any atom is -0.300 e. The first kappa shape index (κ1) is 8.02. The number of fused-ring (bicyclic) bond motifs is 2. The van der Waals surface area contributed by atoms with E-state index in [4.69, 9.17) is 0 Å². The lowest BCUT2D eigenvalue weighted by Crippen LogP contribution is -2.47. The Morgan fingerprint density at radius 1 is 1.27 bits per heavy atom. The third kappa shape index (κ3) is 1.60. The molecule has 0 aromatic carbocycles. The topological polar surface area (TPSA) is 6.48 Å². The van der Waals surface area contributed by atoms with Crippen LogP contribution in [0, 0.1) is 0 Å². The molecule has 0 N–H and O–H groups in total. The fourth-order valence-electron chi connectivity index (χ4n) is 2.17. The fourth-order valence-corrected chi connectivity index (χ4v) is 2.62. The summed E-state index contributed by atoms with van der Waals surface area (Å²) in [4.78, 5) is 5.20.